The SMILES string of the molecule is Cc1ccc(C(=O)N(CC(F)(F)F)C2CCC2)cc1S(C)(=O)=O. The average molecular weight is 349 g/mol. The Labute approximate surface area is 133 Å². The van der Waals surface area contributed by atoms with Gasteiger partial charge in [-0.15, -0.1) is 0 Å². The molecule has 0 unspecified atom stereocenters. The van der Waals surface area contributed by atoms with Crippen molar-refractivity contribution in [3.8, 4) is 0 Å². The van der Waals surface area contributed by atoms with Crippen LogP contribution in [0.25, 0.3) is 0 Å². The van der Waals surface area contributed by atoms with Gasteiger partial charge in [-0.2, -0.15) is 13.2 Å². The van der Waals surface area contributed by atoms with E-state index >= 15 is 0 Å². The molecule has 1 fully saturated rings. The van der Waals surface area contributed by atoms with Gasteiger partial charge in [-0.25, -0.2) is 8.42 Å². The summed E-state index contributed by atoms with van der Waals surface area (Å²) in [6, 6.07) is 3.53. The maximum atomic E-state index is 12.7. The van der Waals surface area contributed by atoms with E-state index in [4.69, 9.17) is 0 Å². The standard InChI is InChI=1S/C15H18F3NO3S/c1-10-6-7-11(8-13(10)23(2,21)22)14(20)19(9-15(16,17)18)12-4-3-5-12/h6-8,12H,3-5,9H2,1-2H3. The molecule has 0 heterocycles. The number of aryl methyl sites for hydroxylation is 1. The van der Waals surface area contributed by atoms with Crippen molar-refractivity contribution in [2.75, 3.05) is 12.8 Å². The molecular formula is C15H18F3NO3S. The molecule has 1 aliphatic carbocycles. The zero-order chi connectivity index (χ0) is 17.4. The summed E-state index contributed by atoms with van der Waals surface area (Å²) in [6.45, 7) is 0.253. The van der Waals surface area contributed by atoms with Crippen molar-refractivity contribution in [2.24, 2.45) is 0 Å². The summed E-state index contributed by atoms with van der Waals surface area (Å²) >= 11 is 0. The fourth-order valence-corrected chi connectivity index (χ4v) is 3.55. The molecule has 0 radical (unpaired) electrons. The highest BCUT2D eigenvalue weighted by Crippen LogP contribution is 2.30. The number of amides is 1. The maximum absolute atomic E-state index is 12.7. The Morgan fingerprint density at radius 3 is 2.35 bits per heavy atom. The second kappa shape index (κ2) is 6.14. The smallest absolute Gasteiger partial charge is 0.327 e. The van der Waals surface area contributed by atoms with Crippen LogP contribution >= 0.6 is 0 Å². The Morgan fingerprint density at radius 1 is 1.30 bits per heavy atom. The van der Waals surface area contributed by atoms with Gasteiger partial charge in [-0.3, -0.25) is 4.79 Å². The van der Waals surface area contributed by atoms with E-state index < -0.39 is 34.5 Å². The molecule has 0 atom stereocenters. The first-order chi connectivity index (χ1) is 10.5. The fraction of sp³-hybridized carbons (Fsp3) is 0.533. The number of hydrogen-bond donors (Lipinski definition) is 0. The van der Waals surface area contributed by atoms with Gasteiger partial charge in [0.2, 0.25) is 0 Å². The van der Waals surface area contributed by atoms with Crippen molar-refractivity contribution in [2.45, 2.75) is 43.3 Å². The van der Waals surface area contributed by atoms with Crippen LogP contribution in [0.1, 0.15) is 35.2 Å². The molecule has 1 saturated carbocycles. The Morgan fingerprint density at radius 2 is 1.91 bits per heavy atom. The van der Waals surface area contributed by atoms with Gasteiger partial charge in [-0.05, 0) is 43.9 Å². The number of sulfone groups is 1. The number of carbonyl (C=O) groups is 1. The van der Waals surface area contributed by atoms with Gasteiger partial charge >= 0.3 is 6.18 Å². The lowest BCUT2D eigenvalue weighted by Crippen LogP contribution is -2.48. The third kappa shape index (κ3) is 4.25. The average Bonchev–Trinajstić information content (AvgIpc) is 2.32. The van der Waals surface area contributed by atoms with Gasteiger partial charge in [-0.1, -0.05) is 6.07 Å². The Kier molecular flexibility index (Phi) is 4.75. The first kappa shape index (κ1) is 17.8. The van der Waals surface area contributed by atoms with Crippen molar-refractivity contribution in [3.63, 3.8) is 0 Å². The number of nitrogens with zero attached hydrogens (tertiary/aromatic N) is 1. The third-order valence-corrected chi connectivity index (χ3v) is 5.20. The molecule has 1 aromatic rings. The lowest BCUT2D eigenvalue weighted by atomic mass is 9.91. The summed E-state index contributed by atoms with van der Waals surface area (Å²) in [6.07, 6.45) is -1.63. The summed E-state index contributed by atoms with van der Waals surface area (Å²) in [7, 11) is -3.56. The van der Waals surface area contributed by atoms with Crippen LogP contribution in [-0.4, -0.2) is 44.2 Å². The van der Waals surface area contributed by atoms with Crippen molar-refractivity contribution in [1.82, 2.24) is 4.90 Å². The highest BCUT2D eigenvalue weighted by Gasteiger charge is 2.38. The van der Waals surface area contributed by atoms with E-state index in [0.717, 1.165) is 23.6 Å². The number of rotatable bonds is 4. The minimum Gasteiger partial charge on any atom is -0.327 e. The minimum absolute atomic E-state index is 0.0350. The van der Waals surface area contributed by atoms with Crippen molar-refractivity contribution >= 4 is 15.7 Å². The van der Waals surface area contributed by atoms with Crippen LogP contribution in [0.2, 0.25) is 0 Å². The Bertz CT molecular complexity index is 709. The van der Waals surface area contributed by atoms with Crippen LogP contribution in [0.15, 0.2) is 23.1 Å². The van der Waals surface area contributed by atoms with Crippen LogP contribution in [0.3, 0.4) is 0 Å². The van der Waals surface area contributed by atoms with E-state index in [0.29, 0.717) is 18.4 Å². The highest BCUT2D eigenvalue weighted by molar-refractivity contribution is 7.90. The molecule has 0 aromatic heterocycles. The summed E-state index contributed by atoms with van der Waals surface area (Å²) in [5.41, 5.74) is 0.419. The number of benzene rings is 1. The van der Waals surface area contributed by atoms with E-state index in [1.165, 1.54) is 12.1 Å². The van der Waals surface area contributed by atoms with Crippen molar-refractivity contribution < 1.29 is 26.4 Å². The molecule has 8 heteroatoms. The predicted molar refractivity (Wildman–Crippen MR) is 79.0 cm³/mol. The molecule has 1 aliphatic rings. The Balaban J connectivity index is 2.36. The molecule has 0 bridgehead atoms. The van der Waals surface area contributed by atoms with Gasteiger partial charge in [0.25, 0.3) is 5.91 Å². The minimum atomic E-state index is -4.49. The lowest BCUT2D eigenvalue weighted by Gasteiger charge is -2.38. The topological polar surface area (TPSA) is 54.5 Å². The number of hydrogen-bond acceptors (Lipinski definition) is 3. The highest BCUT2D eigenvalue weighted by atomic mass is 32.2. The predicted octanol–water partition coefficient (Wildman–Crippen LogP) is 2.96. The molecule has 0 N–H and O–H groups in total. The third-order valence-electron chi connectivity index (χ3n) is 3.96. The van der Waals surface area contributed by atoms with Crippen LogP contribution in [-0.2, 0) is 9.84 Å². The second-order valence-electron chi connectivity index (χ2n) is 5.89. The fourth-order valence-electron chi connectivity index (χ4n) is 2.56. The molecule has 128 valence electrons. The summed E-state index contributed by atoms with van der Waals surface area (Å²) < 4.78 is 61.7. The van der Waals surface area contributed by atoms with Gasteiger partial charge in [0.15, 0.2) is 9.84 Å². The molecule has 4 nitrogen and oxygen atoms in total. The summed E-state index contributed by atoms with van der Waals surface area (Å²) in [4.78, 5) is 13.2. The lowest BCUT2D eigenvalue weighted by molar-refractivity contribution is -0.147. The van der Waals surface area contributed by atoms with Gasteiger partial charge in [0, 0.05) is 17.9 Å². The van der Waals surface area contributed by atoms with Crippen molar-refractivity contribution in [3.05, 3.63) is 29.3 Å². The number of alkyl halides is 3. The van der Waals surface area contributed by atoms with E-state index in [9.17, 15) is 26.4 Å². The monoisotopic (exact) mass is 349 g/mol. The number of carbonyl (C=O) groups excluding carboxylic acids is 1. The van der Waals surface area contributed by atoms with Gasteiger partial charge in [0.05, 0.1) is 4.90 Å². The first-order valence-corrected chi connectivity index (χ1v) is 9.06. The van der Waals surface area contributed by atoms with Gasteiger partial charge in [0.1, 0.15) is 6.54 Å². The molecule has 23 heavy (non-hydrogen) atoms. The molecule has 1 aromatic carbocycles. The number of halogens is 3. The zero-order valence-corrected chi connectivity index (χ0v) is 13.7. The van der Waals surface area contributed by atoms with Crippen LogP contribution in [0.4, 0.5) is 13.2 Å². The van der Waals surface area contributed by atoms with E-state index in [1.54, 1.807) is 6.92 Å². The maximum Gasteiger partial charge on any atom is 0.406 e. The van der Waals surface area contributed by atoms with Crippen molar-refractivity contribution in [1.29, 1.82) is 0 Å². The van der Waals surface area contributed by atoms with E-state index in [-0.39, 0.29) is 10.5 Å². The molecule has 0 aliphatic heterocycles. The second-order valence-corrected chi connectivity index (χ2v) is 7.87. The summed E-state index contributed by atoms with van der Waals surface area (Å²) in [5.74, 6) is -0.781. The van der Waals surface area contributed by atoms with Crippen LogP contribution < -0.4 is 0 Å². The largest absolute Gasteiger partial charge is 0.406 e. The quantitative estimate of drug-likeness (QED) is 0.840. The van der Waals surface area contributed by atoms with Gasteiger partial charge < -0.3 is 4.90 Å². The molecule has 2 rings (SSSR count). The van der Waals surface area contributed by atoms with E-state index in [1.807, 2.05) is 0 Å². The van der Waals surface area contributed by atoms with E-state index in [2.05, 4.69) is 0 Å². The molecular weight excluding hydrogens is 331 g/mol. The molecule has 0 saturated heterocycles. The normalized spacial score (nSPS) is 16.0. The van der Waals surface area contributed by atoms with Crippen LogP contribution in [0, 0.1) is 6.92 Å². The molecule has 1 amide bonds. The Hall–Kier alpha value is -1.57. The van der Waals surface area contributed by atoms with Crippen LogP contribution in [0.5, 0.6) is 0 Å². The molecule has 0 spiro atoms. The first-order valence-electron chi connectivity index (χ1n) is 7.17. The summed E-state index contributed by atoms with van der Waals surface area (Å²) in [5, 5.41) is 0. The zero-order valence-electron chi connectivity index (χ0n) is 12.9.